The van der Waals surface area contributed by atoms with Crippen LogP contribution < -0.4 is 11.2 Å². The third-order valence-corrected chi connectivity index (χ3v) is 3.22. The van der Waals surface area contributed by atoms with Crippen LogP contribution in [0.5, 0.6) is 0 Å². The standard InChI is InChI=1S/C9H10IN2O5/c10-4-2-12(9(16)11-8(4)15)7-1-5(14)6(3-13)17-7/h2,5-6,13-14H,1,3H2,(H,11,15,16)/t5-,6+/m0/s1. The predicted molar refractivity (Wildman–Crippen MR) is 65.3 cm³/mol. The fourth-order valence-electron chi connectivity index (χ4n) is 1.56. The summed E-state index contributed by atoms with van der Waals surface area (Å²) in [7, 11) is 0. The number of hydrogen-bond acceptors (Lipinski definition) is 5. The molecule has 1 radical (unpaired) electrons. The number of aliphatic hydroxyl groups excluding tert-OH is 2. The number of H-pyrrole nitrogens is 1. The van der Waals surface area contributed by atoms with Gasteiger partial charge in [-0.2, -0.15) is 0 Å². The van der Waals surface area contributed by atoms with E-state index in [1.165, 1.54) is 6.20 Å². The molecule has 0 bridgehead atoms. The first kappa shape index (κ1) is 12.7. The second-order valence-electron chi connectivity index (χ2n) is 3.61. The number of nitrogens with zero attached hydrogens (tertiary/aromatic N) is 1. The monoisotopic (exact) mass is 353 g/mol. The fourth-order valence-corrected chi connectivity index (χ4v) is 1.97. The minimum Gasteiger partial charge on any atom is -0.394 e. The van der Waals surface area contributed by atoms with E-state index >= 15 is 0 Å². The lowest BCUT2D eigenvalue weighted by Crippen LogP contribution is -2.34. The normalized spacial score (nSPS) is 25.4. The van der Waals surface area contributed by atoms with Crippen molar-refractivity contribution in [2.45, 2.75) is 18.6 Å². The summed E-state index contributed by atoms with van der Waals surface area (Å²) in [5.41, 5.74) is -1.10. The summed E-state index contributed by atoms with van der Waals surface area (Å²) in [5, 5.41) is 18.5. The number of ether oxygens (including phenoxy) is 1. The Hall–Kier alpha value is -0.710. The molecule has 2 heterocycles. The highest BCUT2D eigenvalue weighted by atomic mass is 127. The van der Waals surface area contributed by atoms with Crippen LogP contribution in [0.2, 0.25) is 0 Å². The van der Waals surface area contributed by atoms with Crippen molar-refractivity contribution in [3.8, 4) is 0 Å². The van der Waals surface area contributed by atoms with Crippen LogP contribution in [0.1, 0.15) is 6.42 Å². The molecule has 1 fully saturated rings. The summed E-state index contributed by atoms with van der Waals surface area (Å²) in [6.07, 6.45) is 0.0836. The first-order chi connectivity index (χ1) is 8.02. The molecule has 0 spiro atoms. The predicted octanol–water partition coefficient (Wildman–Crippen LogP) is -1.38. The Labute approximate surface area is 109 Å². The van der Waals surface area contributed by atoms with Crippen molar-refractivity contribution in [2.24, 2.45) is 0 Å². The lowest BCUT2D eigenvalue weighted by atomic mass is 10.2. The first-order valence-electron chi connectivity index (χ1n) is 4.86. The SMILES string of the molecule is O=c1[nH]c(=O)n([C]2C[C@H](O)[C@@H](CO)O2)cc1I. The molecule has 7 nitrogen and oxygen atoms in total. The van der Waals surface area contributed by atoms with Gasteiger partial charge in [0.15, 0.2) is 0 Å². The topological polar surface area (TPSA) is 105 Å². The van der Waals surface area contributed by atoms with Crippen LogP contribution in [0, 0.1) is 9.80 Å². The van der Waals surface area contributed by atoms with Crippen LogP contribution in [-0.4, -0.2) is 38.6 Å². The van der Waals surface area contributed by atoms with Gasteiger partial charge in [0.25, 0.3) is 5.56 Å². The van der Waals surface area contributed by atoms with Gasteiger partial charge in [-0.1, -0.05) is 0 Å². The van der Waals surface area contributed by atoms with Gasteiger partial charge in [0, 0.05) is 12.6 Å². The highest BCUT2D eigenvalue weighted by Crippen LogP contribution is 2.26. The minimum absolute atomic E-state index is 0.118. The molecule has 0 aromatic carbocycles. The lowest BCUT2D eigenvalue weighted by molar-refractivity contribution is 0.000704. The molecule has 0 unspecified atom stereocenters. The van der Waals surface area contributed by atoms with Crippen LogP contribution >= 0.6 is 22.6 Å². The van der Waals surface area contributed by atoms with Crippen molar-refractivity contribution in [3.05, 3.63) is 36.8 Å². The summed E-state index contributed by atoms with van der Waals surface area (Å²) in [6, 6.07) is 0. The molecule has 17 heavy (non-hydrogen) atoms. The number of aliphatic hydroxyl groups is 2. The molecule has 0 aliphatic carbocycles. The zero-order valence-electron chi connectivity index (χ0n) is 8.59. The molecular formula is C9H10IN2O5. The molecule has 3 N–H and O–H groups in total. The lowest BCUT2D eigenvalue weighted by Gasteiger charge is -2.12. The van der Waals surface area contributed by atoms with Crippen LogP contribution in [0.25, 0.3) is 0 Å². The summed E-state index contributed by atoms with van der Waals surface area (Å²) in [4.78, 5) is 24.8. The molecule has 0 amide bonds. The van der Waals surface area contributed by atoms with E-state index in [9.17, 15) is 14.7 Å². The van der Waals surface area contributed by atoms with Crippen LogP contribution in [-0.2, 0) is 4.74 Å². The Balaban J connectivity index is 2.34. The fraction of sp³-hybridized carbons (Fsp3) is 0.444. The van der Waals surface area contributed by atoms with Gasteiger partial charge in [-0.05, 0) is 22.6 Å². The molecule has 8 heteroatoms. The van der Waals surface area contributed by atoms with E-state index in [4.69, 9.17) is 9.84 Å². The Morgan fingerprint density at radius 1 is 1.59 bits per heavy atom. The smallest absolute Gasteiger partial charge is 0.330 e. The Bertz CT molecular complexity index is 525. The third-order valence-electron chi connectivity index (χ3n) is 2.45. The second-order valence-corrected chi connectivity index (χ2v) is 4.77. The number of aromatic amines is 1. The van der Waals surface area contributed by atoms with Crippen LogP contribution in [0.3, 0.4) is 0 Å². The number of nitrogens with one attached hydrogen (secondary N) is 1. The van der Waals surface area contributed by atoms with Crippen molar-refractivity contribution >= 4 is 22.6 Å². The first-order valence-corrected chi connectivity index (χ1v) is 5.94. The molecule has 1 aromatic heterocycles. The minimum atomic E-state index is -0.855. The van der Waals surface area contributed by atoms with Crippen LogP contribution in [0.15, 0.2) is 15.8 Å². The maximum absolute atomic E-state index is 11.5. The zero-order valence-corrected chi connectivity index (χ0v) is 10.7. The summed E-state index contributed by atoms with van der Waals surface area (Å²) in [5.74, 6) is 0. The van der Waals surface area contributed by atoms with Gasteiger partial charge in [0.05, 0.1) is 16.3 Å². The van der Waals surface area contributed by atoms with Crippen molar-refractivity contribution in [3.63, 3.8) is 0 Å². The summed E-state index contributed by atoms with van der Waals surface area (Å²) >= 11 is 1.79. The molecule has 2 rings (SSSR count). The maximum atomic E-state index is 11.5. The Morgan fingerprint density at radius 3 is 2.88 bits per heavy atom. The molecular weight excluding hydrogens is 343 g/mol. The highest BCUT2D eigenvalue weighted by Gasteiger charge is 2.36. The maximum Gasteiger partial charge on any atom is 0.330 e. The molecule has 1 aromatic rings. The van der Waals surface area contributed by atoms with Gasteiger partial charge in [-0.25, -0.2) is 4.79 Å². The van der Waals surface area contributed by atoms with E-state index in [2.05, 4.69) is 4.98 Å². The van der Waals surface area contributed by atoms with Gasteiger partial charge in [0.1, 0.15) is 6.10 Å². The zero-order chi connectivity index (χ0) is 12.6. The second kappa shape index (κ2) is 4.88. The Morgan fingerprint density at radius 2 is 2.29 bits per heavy atom. The van der Waals surface area contributed by atoms with E-state index < -0.39 is 23.5 Å². The van der Waals surface area contributed by atoms with Crippen molar-refractivity contribution in [1.29, 1.82) is 0 Å². The highest BCUT2D eigenvalue weighted by molar-refractivity contribution is 14.1. The molecule has 0 saturated carbocycles. The van der Waals surface area contributed by atoms with E-state index in [1.54, 1.807) is 22.6 Å². The largest absolute Gasteiger partial charge is 0.394 e. The molecule has 93 valence electrons. The van der Waals surface area contributed by atoms with Gasteiger partial charge in [0.2, 0.25) is 6.23 Å². The number of halogens is 1. The quantitative estimate of drug-likeness (QED) is 0.569. The molecule has 1 aliphatic heterocycles. The van der Waals surface area contributed by atoms with Crippen molar-refractivity contribution in [1.82, 2.24) is 9.55 Å². The summed E-state index contributed by atoms with van der Waals surface area (Å²) < 4.78 is 6.70. The molecule has 1 saturated heterocycles. The van der Waals surface area contributed by atoms with Crippen molar-refractivity contribution in [2.75, 3.05) is 6.61 Å². The summed E-state index contributed by atoms with van der Waals surface area (Å²) in [6.45, 7) is -0.333. The molecule has 1 aliphatic rings. The van der Waals surface area contributed by atoms with Gasteiger partial charge >= 0.3 is 5.69 Å². The number of hydrogen-bond donors (Lipinski definition) is 3. The average molecular weight is 353 g/mol. The number of aromatic nitrogens is 2. The van der Waals surface area contributed by atoms with Crippen molar-refractivity contribution < 1.29 is 14.9 Å². The van der Waals surface area contributed by atoms with Crippen LogP contribution in [0.4, 0.5) is 0 Å². The average Bonchev–Trinajstić information content (AvgIpc) is 2.65. The third kappa shape index (κ3) is 2.44. The van der Waals surface area contributed by atoms with E-state index in [0.29, 0.717) is 3.57 Å². The van der Waals surface area contributed by atoms with Gasteiger partial charge in [-0.3, -0.25) is 14.3 Å². The van der Waals surface area contributed by atoms with E-state index in [-0.39, 0.29) is 19.3 Å². The molecule has 2 atom stereocenters. The number of rotatable bonds is 2. The van der Waals surface area contributed by atoms with Gasteiger partial charge < -0.3 is 14.9 Å². The van der Waals surface area contributed by atoms with E-state index in [0.717, 1.165) is 4.57 Å². The van der Waals surface area contributed by atoms with E-state index in [1.807, 2.05) is 0 Å². The Kier molecular flexibility index (Phi) is 3.66. The van der Waals surface area contributed by atoms with Gasteiger partial charge in [-0.15, -0.1) is 0 Å².